The number of carbonyl (C=O) groups excluding carboxylic acids is 1. The van der Waals surface area contributed by atoms with Gasteiger partial charge in [-0.2, -0.15) is 0 Å². The van der Waals surface area contributed by atoms with E-state index in [4.69, 9.17) is 9.47 Å². The van der Waals surface area contributed by atoms with E-state index in [0.717, 1.165) is 83.5 Å². The molecule has 1 amide bonds. The topological polar surface area (TPSA) is 149 Å². The lowest BCUT2D eigenvalue weighted by Gasteiger charge is -2.40. The van der Waals surface area contributed by atoms with E-state index >= 15 is 0 Å². The van der Waals surface area contributed by atoms with Crippen molar-refractivity contribution in [3.8, 4) is 0 Å². The summed E-state index contributed by atoms with van der Waals surface area (Å²) in [4.78, 5) is 13.1. The molecular formula is C74H129NO8. The van der Waals surface area contributed by atoms with Gasteiger partial charge in [0.2, 0.25) is 5.91 Å². The minimum Gasteiger partial charge on any atom is -0.394 e. The van der Waals surface area contributed by atoms with Gasteiger partial charge in [-0.15, -0.1) is 0 Å². The van der Waals surface area contributed by atoms with Crippen LogP contribution in [0, 0.1) is 0 Å². The summed E-state index contributed by atoms with van der Waals surface area (Å²) in [5.74, 6) is -0.202. The summed E-state index contributed by atoms with van der Waals surface area (Å²) < 4.78 is 11.3. The number of hydrogen-bond acceptors (Lipinski definition) is 8. The number of carbonyl (C=O) groups is 1. The number of hydrogen-bond donors (Lipinski definition) is 6. The van der Waals surface area contributed by atoms with Gasteiger partial charge in [0.1, 0.15) is 24.4 Å². The molecule has 0 bridgehead atoms. The molecule has 9 nitrogen and oxygen atoms in total. The van der Waals surface area contributed by atoms with Crippen LogP contribution in [0.5, 0.6) is 0 Å². The lowest BCUT2D eigenvalue weighted by Crippen LogP contribution is -2.60. The molecule has 0 aromatic heterocycles. The highest BCUT2D eigenvalue weighted by atomic mass is 16.7. The Kier molecular flexibility index (Phi) is 58.1. The molecule has 478 valence electrons. The molecule has 0 spiro atoms. The quantitative estimate of drug-likeness (QED) is 0.0261. The van der Waals surface area contributed by atoms with E-state index in [1.165, 1.54) is 180 Å². The molecule has 9 heteroatoms. The van der Waals surface area contributed by atoms with Crippen molar-refractivity contribution in [2.45, 2.75) is 339 Å². The number of aliphatic hydroxyl groups excluding tert-OH is 5. The van der Waals surface area contributed by atoms with Gasteiger partial charge in [0.15, 0.2) is 6.29 Å². The van der Waals surface area contributed by atoms with Gasteiger partial charge in [0.05, 0.1) is 25.4 Å². The first-order chi connectivity index (χ1) is 40.8. The van der Waals surface area contributed by atoms with Crippen molar-refractivity contribution in [3.05, 3.63) is 109 Å². The Hall–Kier alpha value is -3.15. The highest BCUT2D eigenvalue weighted by molar-refractivity contribution is 5.76. The number of nitrogens with one attached hydrogen (secondary N) is 1. The number of amides is 1. The molecule has 1 heterocycles. The maximum absolute atomic E-state index is 13.1. The second-order valence-electron chi connectivity index (χ2n) is 23.6. The van der Waals surface area contributed by atoms with Crippen molar-refractivity contribution in [2.75, 3.05) is 13.2 Å². The van der Waals surface area contributed by atoms with Crippen LogP contribution in [0.4, 0.5) is 0 Å². The van der Waals surface area contributed by atoms with Crippen LogP contribution in [-0.4, -0.2) is 87.5 Å². The first-order valence-electron chi connectivity index (χ1n) is 34.6. The minimum atomic E-state index is -1.57. The van der Waals surface area contributed by atoms with Crippen molar-refractivity contribution >= 4 is 5.91 Å². The van der Waals surface area contributed by atoms with Crippen molar-refractivity contribution < 1.29 is 39.8 Å². The lowest BCUT2D eigenvalue weighted by atomic mass is 9.99. The van der Waals surface area contributed by atoms with Crippen LogP contribution in [0.15, 0.2) is 109 Å². The SMILES string of the molecule is CC/C=C\C/C=C\C/C=C\C/C=C\C/C=C\C/C=C\C/C=C\C/C=C\C/C=C\CCCC(=O)NC(COC1OC(CO)C(O)C(O)C1O)C(O)CCCCCCCCCCCCCCCCCCCCCCCCCCCCCCCCC. The van der Waals surface area contributed by atoms with Crippen LogP contribution < -0.4 is 5.32 Å². The number of allylic oxidation sites excluding steroid dienone is 18. The van der Waals surface area contributed by atoms with Gasteiger partial charge >= 0.3 is 0 Å². The van der Waals surface area contributed by atoms with E-state index in [-0.39, 0.29) is 18.9 Å². The fraction of sp³-hybridized carbons (Fsp3) is 0.743. The van der Waals surface area contributed by atoms with Gasteiger partial charge in [0.25, 0.3) is 0 Å². The molecular weight excluding hydrogens is 1030 g/mol. The smallest absolute Gasteiger partial charge is 0.220 e. The van der Waals surface area contributed by atoms with Gasteiger partial charge < -0.3 is 40.3 Å². The van der Waals surface area contributed by atoms with Gasteiger partial charge in [-0.25, -0.2) is 0 Å². The predicted octanol–water partition coefficient (Wildman–Crippen LogP) is 18.9. The number of rotatable bonds is 59. The third-order valence-corrected chi connectivity index (χ3v) is 15.9. The Balaban J connectivity index is 2.19. The van der Waals surface area contributed by atoms with Crippen LogP contribution in [0.3, 0.4) is 0 Å². The largest absolute Gasteiger partial charge is 0.394 e. The molecule has 1 saturated heterocycles. The zero-order valence-electron chi connectivity index (χ0n) is 53.4. The Labute approximate surface area is 510 Å². The molecule has 7 unspecified atom stereocenters. The summed E-state index contributed by atoms with van der Waals surface area (Å²) in [7, 11) is 0. The minimum absolute atomic E-state index is 0.168. The molecule has 6 N–H and O–H groups in total. The molecule has 83 heavy (non-hydrogen) atoms. The predicted molar refractivity (Wildman–Crippen MR) is 354 cm³/mol. The summed E-state index contributed by atoms with van der Waals surface area (Å²) in [5, 5.41) is 54.9. The zero-order valence-corrected chi connectivity index (χ0v) is 53.4. The van der Waals surface area contributed by atoms with Gasteiger partial charge in [-0.05, 0) is 77.0 Å². The van der Waals surface area contributed by atoms with Crippen LogP contribution in [0.1, 0.15) is 296 Å². The highest BCUT2D eigenvalue weighted by Crippen LogP contribution is 2.23. The average Bonchev–Trinajstić information content (AvgIpc) is 3.60. The summed E-state index contributed by atoms with van der Waals surface area (Å²) in [6, 6.07) is -0.760. The molecule has 0 saturated carbocycles. The summed E-state index contributed by atoms with van der Waals surface area (Å²) in [5.41, 5.74) is 0. The van der Waals surface area contributed by atoms with E-state index in [9.17, 15) is 30.3 Å². The van der Waals surface area contributed by atoms with Crippen molar-refractivity contribution in [1.82, 2.24) is 5.32 Å². The third-order valence-electron chi connectivity index (χ3n) is 15.9. The molecule has 1 fully saturated rings. The molecule has 1 aliphatic heterocycles. The van der Waals surface area contributed by atoms with Crippen LogP contribution in [-0.2, 0) is 14.3 Å². The maximum Gasteiger partial charge on any atom is 0.220 e. The lowest BCUT2D eigenvalue weighted by molar-refractivity contribution is -0.302. The van der Waals surface area contributed by atoms with E-state index in [1.54, 1.807) is 0 Å². The molecule has 0 aromatic rings. The maximum atomic E-state index is 13.1. The highest BCUT2D eigenvalue weighted by Gasteiger charge is 2.44. The van der Waals surface area contributed by atoms with E-state index in [1.807, 2.05) is 0 Å². The Morgan fingerprint density at radius 1 is 0.422 bits per heavy atom. The third kappa shape index (κ3) is 50.7. The van der Waals surface area contributed by atoms with E-state index < -0.39 is 49.5 Å². The van der Waals surface area contributed by atoms with E-state index in [0.29, 0.717) is 12.8 Å². The number of aliphatic hydroxyl groups is 5. The van der Waals surface area contributed by atoms with Gasteiger partial charge in [0, 0.05) is 6.42 Å². The second-order valence-corrected chi connectivity index (χ2v) is 23.6. The normalized spacial score (nSPS) is 19.0. The number of unbranched alkanes of at least 4 members (excludes halogenated alkanes) is 31. The number of ether oxygens (including phenoxy) is 2. The molecule has 1 rings (SSSR count). The van der Waals surface area contributed by atoms with Gasteiger partial charge in [-0.3, -0.25) is 4.79 Å². The fourth-order valence-electron chi connectivity index (χ4n) is 10.5. The van der Waals surface area contributed by atoms with Crippen LogP contribution >= 0.6 is 0 Å². The molecule has 0 radical (unpaired) electrons. The van der Waals surface area contributed by atoms with Crippen molar-refractivity contribution in [1.29, 1.82) is 0 Å². The Morgan fingerprint density at radius 3 is 1.06 bits per heavy atom. The molecule has 7 atom stereocenters. The monoisotopic (exact) mass is 1160 g/mol. The Morgan fingerprint density at radius 2 is 0.735 bits per heavy atom. The Bertz CT molecular complexity index is 1680. The van der Waals surface area contributed by atoms with Crippen molar-refractivity contribution in [2.24, 2.45) is 0 Å². The van der Waals surface area contributed by atoms with Gasteiger partial charge in [-0.1, -0.05) is 322 Å². The molecule has 1 aliphatic rings. The zero-order chi connectivity index (χ0) is 60.0. The molecule has 0 aliphatic carbocycles. The van der Waals surface area contributed by atoms with Crippen molar-refractivity contribution in [3.63, 3.8) is 0 Å². The average molecular weight is 1160 g/mol. The summed E-state index contributed by atoms with van der Waals surface area (Å²) in [6.45, 7) is 3.72. The van der Waals surface area contributed by atoms with Crippen LogP contribution in [0.25, 0.3) is 0 Å². The summed E-state index contributed by atoms with van der Waals surface area (Å²) in [6.07, 6.45) is 84.4. The summed E-state index contributed by atoms with van der Waals surface area (Å²) >= 11 is 0. The van der Waals surface area contributed by atoms with E-state index in [2.05, 4.69) is 129 Å². The fourth-order valence-corrected chi connectivity index (χ4v) is 10.5. The first kappa shape index (κ1) is 77.9. The second kappa shape index (κ2) is 61.9. The standard InChI is InChI=1S/C74H129NO8/c1-3-5-7-9-11-13-15-17-19-21-23-25-27-29-31-33-34-36-37-39-41-43-45-47-49-51-53-55-57-59-61-63-68(77)67(66-82-74-73(81)72(80)71(79)69(65-76)83-74)75-70(78)64-62-60-58-56-54-52-50-48-46-44-42-40-38-35-32-30-28-26-24-22-20-18-16-14-12-10-8-6-4-2/h6,8,12,14,18,20,24,26,30,32,38,40,44,46,50,52,56,58,67-69,71-74,76-77,79-81H,3-5,7,9-11,13,15-17,19,21-23,25,27-29,31,33-37,39,41-43,45,47-49,51,53-55,57,59-66H2,1-2H3,(H,75,78)/b8-6-,14-12-,20-18-,26-24-,32-30-,40-38-,46-44-,52-50-,58-56-. The van der Waals surface area contributed by atoms with Crippen LogP contribution in [0.2, 0.25) is 0 Å². The molecule has 0 aromatic carbocycles. The first-order valence-corrected chi connectivity index (χ1v) is 34.6.